The van der Waals surface area contributed by atoms with E-state index >= 15 is 0 Å². The van der Waals surface area contributed by atoms with Crippen LogP contribution < -0.4 is 0 Å². The van der Waals surface area contributed by atoms with Crippen molar-refractivity contribution in [3.63, 3.8) is 0 Å². The molecule has 1 heterocycles. The summed E-state index contributed by atoms with van der Waals surface area (Å²) in [4.78, 5) is 19.4. The number of oxime groups is 1. The van der Waals surface area contributed by atoms with Gasteiger partial charge in [-0.25, -0.2) is 13.2 Å². The van der Waals surface area contributed by atoms with Gasteiger partial charge in [0, 0.05) is 17.5 Å². The zero-order valence-electron chi connectivity index (χ0n) is 25.0. The average molecular weight is 577 g/mol. The van der Waals surface area contributed by atoms with Crippen molar-refractivity contribution >= 4 is 21.7 Å². The molecule has 0 aromatic rings. The number of sulfonamides is 1. The van der Waals surface area contributed by atoms with E-state index in [1.54, 1.807) is 0 Å². The molecule has 0 spiro atoms. The zero-order chi connectivity index (χ0) is 28.0. The van der Waals surface area contributed by atoms with Crippen LogP contribution in [0.25, 0.3) is 0 Å². The first-order valence-corrected chi connectivity index (χ1v) is 18.3. The van der Waals surface area contributed by atoms with Crippen LogP contribution in [0.15, 0.2) is 5.16 Å². The van der Waals surface area contributed by atoms with Gasteiger partial charge in [-0.1, -0.05) is 76.8 Å². The second-order valence-corrected chi connectivity index (χ2v) is 16.5. The second kappa shape index (κ2) is 11.5. The van der Waals surface area contributed by atoms with Crippen LogP contribution in [-0.4, -0.2) is 54.4 Å². The van der Waals surface area contributed by atoms with E-state index in [0.717, 1.165) is 96.3 Å². The minimum atomic E-state index is -3.55. The number of carbonyl (C=O) groups is 1. The Morgan fingerprint density at radius 2 is 1.45 bits per heavy atom. The topological polar surface area (TPSA) is 85.3 Å². The maximum Gasteiger partial charge on any atom is 0.356 e. The maximum atomic E-state index is 14.6. The minimum absolute atomic E-state index is 0.00665. The van der Waals surface area contributed by atoms with Crippen molar-refractivity contribution in [2.24, 2.45) is 27.8 Å². The van der Waals surface area contributed by atoms with E-state index in [2.05, 4.69) is 19.0 Å². The average Bonchev–Trinajstić information content (AvgIpc) is 3.48. The second-order valence-electron chi connectivity index (χ2n) is 14.6. The standard InChI is InChI=1S/C32H52N2O5S/c1-31(2)23-19-20-32(31,22-40(36,37)34(24-13-7-5-8-14-24)25-15-9-6-10-16-25)28(21-23)38-30(35)29-26-17-11-3-4-12-18-27(26)39-33-29/h23-28H,3-22H2,1-2H3/t23-,26+,27-,28-,32-/m1/s1. The molecule has 0 aromatic heterocycles. The fourth-order valence-electron chi connectivity index (χ4n) is 9.79. The molecule has 226 valence electrons. The third-order valence-corrected chi connectivity index (χ3v) is 14.4. The Hall–Kier alpha value is -1.15. The van der Waals surface area contributed by atoms with Crippen LogP contribution in [0.4, 0.5) is 0 Å². The molecule has 2 bridgehead atoms. The van der Waals surface area contributed by atoms with Crippen LogP contribution in [0.2, 0.25) is 0 Å². The van der Waals surface area contributed by atoms with E-state index in [-0.39, 0.29) is 41.2 Å². The molecule has 8 heteroatoms. The van der Waals surface area contributed by atoms with Gasteiger partial charge in [-0.15, -0.1) is 0 Å². The number of rotatable bonds is 7. The summed E-state index contributed by atoms with van der Waals surface area (Å²) in [6.07, 6.45) is 19.4. The van der Waals surface area contributed by atoms with Crippen LogP contribution in [0.3, 0.4) is 0 Å². The van der Waals surface area contributed by atoms with E-state index < -0.39 is 21.5 Å². The molecular formula is C32H52N2O5S. The van der Waals surface area contributed by atoms with Crippen LogP contribution in [0.5, 0.6) is 0 Å². The van der Waals surface area contributed by atoms with Crippen LogP contribution in [0.1, 0.15) is 136 Å². The lowest BCUT2D eigenvalue weighted by molar-refractivity contribution is -0.148. The van der Waals surface area contributed by atoms with Crippen molar-refractivity contribution in [1.29, 1.82) is 0 Å². The Morgan fingerprint density at radius 1 is 0.875 bits per heavy atom. The highest BCUT2D eigenvalue weighted by atomic mass is 32.2. The number of carbonyl (C=O) groups excluding carboxylic acids is 1. The lowest BCUT2D eigenvalue weighted by atomic mass is 9.69. The third kappa shape index (κ3) is 5.16. The maximum absolute atomic E-state index is 14.6. The fourth-order valence-corrected chi connectivity index (χ4v) is 12.6. The molecule has 7 nitrogen and oxygen atoms in total. The molecule has 40 heavy (non-hydrogen) atoms. The highest BCUT2D eigenvalue weighted by Crippen LogP contribution is 2.67. The molecule has 0 aromatic carbocycles. The lowest BCUT2D eigenvalue weighted by Crippen LogP contribution is -2.55. The molecule has 0 unspecified atom stereocenters. The Labute approximate surface area is 242 Å². The van der Waals surface area contributed by atoms with Crippen LogP contribution in [-0.2, 0) is 24.4 Å². The normalized spacial score (nSPS) is 36.9. The van der Waals surface area contributed by atoms with Crippen LogP contribution in [0, 0.1) is 22.7 Å². The minimum Gasteiger partial charge on any atom is -0.457 e. The highest BCUT2D eigenvalue weighted by molar-refractivity contribution is 7.89. The summed E-state index contributed by atoms with van der Waals surface area (Å²) in [5.74, 6) is 0.111. The Bertz CT molecular complexity index is 1040. The van der Waals surface area contributed by atoms with Gasteiger partial charge >= 0.3 is 5.97 Å². The molecule has 5 aliphatic carbocycles. The molecule has 0 amide bonds. The number of hydrogen-bond acceptors (Lipinski definition) is 6. The van der Waals surface area contributed by atoms with Gasteiger partial charge in [0.1, 0.15) is 12.2 Å². The molecule has 6 aliphatic rings. The number of hydrogen-bond donors (Lipinski definition) is 0. The van der Waals surface area contributed by atoms with Gasteiger partial charge in [0.2, 0.25) is 10.0 Å². The Kier molecular flexibility index (Phi) is 8.32. The number of fused-ring (bicyclic) bond motifs is 3. The summed E-state index contributed by atoms with van der Waals surface area (Å²) in [6.45, 7) is 4.47. The summed E-state index contributed by atoms with van der Waals surface area (Å²) >= 11 is 0. The Balaban J connectivity index is 1.25. The van der Waals surface area contributed by atoms with E-state index in [1.165, 1.54) is 25.7 Å². The summed E-state index contributed by atoms with van der Waals surface area (Å²) in [7, 11) is -3.55. The number of ether oxygens (including phenoxy) is 1. The lowest BCUT2D eigenvalue weighted by Gasteiger charge is -2.46. The summed E-state index contributed by atoms with van der Waals surface area (Å²) < 4.78 is 37.7. The molecule has 5 saturated carbocycles. The monoisotopic (exact) mass is 576 g/mol. The van der Waals surface area contributed by atoms with Crippen molar-refractivity contribution in [2.75, 3.05) is 5.75 Å². The third-order valence-electron chi connectivity index (χ3n) is 12.3. The van der Waals surface area contributed by atoms with Gasteiger partial charge in [0.05, 0.1) is 11.7 Å². The fraction of sp³-hybridized carbons (Fsp3) is 0.938. The first-order chi connectivity index (χ1) is 19.2. The summed E-state index contributed by atoms with van der Waals surface area (Å²) in [5.41, 5.74) is -0.322. The van der Waals surface area contributed by atoms with E-state index in [1.807, 2.05) is 4.31 Å². The van der Waals surface area contributed by atoms with Crippen LogP contribution >= 0.6 is 0 Å². The first-order valence-electron chi connectivity index (χ1n) is 16.7. The smallest absolute Gasteiger partial charge is 0.356 e. The Morgan fingerprint density at radius 3 is 2.08 bits per heavy atom. The predicted molar refractivity (Wildman–Crippen MR) is 156 cm³/mol. The quantitative estimate of drug-likeness (QED) is 0.313. The first kappa shape index (κ1) is 28.9. The van der Waals surface area contributed by atoms with Gasteiger partial charge in [-0.05, 0) is 75.5 Å². The van der Waals surface area contributed by atoms with Crippen molar-refractivity contribution in [3.8, 4) is 0 Å². The molecule has 5 fully saturated rings. The highest BCUT2D eigenvalue weighted by Gasteiger charge is 2.67. The molecule has 6 rings (SSSR count). The number of esters is 1. The van der Waals surface area contributed by atoms with Gasteiger partial charge in [-0.3, -0.25) is 0 Å². The summed E-state index contributed by atoms with van der Waals surface area (Å²) in [6, 6.07) is 0.254. The van der Waals surface area contributed by atoms with Gasteiger partial charge in [-0.2, -0.15) is 4.31 Å². The van der Waals surface area contributed by atoms with Crippen molar-refractivity contribution < 1.29 is 22.8 Å². The zero-order valence-corrected chi connectivity index (χ0v) is 25.8. The van der Waals surface area contributed by atoms with E-state index in [9.17, 15) is 13.2 Å². The van der Waals surface area contributed by atoms with E-state index in [0.29, 0.717) is 11.6 Å². The van der Waals surface area contributed by atoms with E-state index in [4.69, 9.17) is 9.57 Å². The van der Waals surface area contributed by atoms with Crippen molar-refractivity contribution in [2.45, 2.75) is 160 Å². The van der Waals surface area contributed by atoms with Crippen molar-refractivity contribution in [1.82, 2.24) is 4.31 Å². The van der Waals surface area contributed by atoms with Gasteiger partial charge < -0.3 is 9.57 Å². The summed E-state index contributed by atoms with van der Waals surface area (Å²) in [5, 5.41) is 4.27. The number of nitrogens with zero attached hydrogens (tertiary/aromatic N) is 2. The molecule has 1 aliphatic heterocycles. The SMILES string of the molecule is CC1(C)[C@@H]2CC[C@@]1(CS(=O)(=O)N(C1CCCCC1)C1CCCCC1)[C@H](OC(=O)C1=NO[C@@H]3CCCCCC[C@H]13)C2. The largest absolute Gasteiger partial charge is 0.457 e. The molecule has 0 saturated heterocycles. The van der Waals surface area contributed by atoms with Gasteiger partial charge in [0.15, 0.2) is 5.71 Å². The molecule has 0 radical (unpaired) electrons. The molecule has 0 N–H and O–H groups in total. The predicted octanol–water partition coefficient (Wildman–Crippen LogP) is 6.75. The molecule has 5 atom stereocenters. The van der Waals surface area contributed by atoms with Gasteiger partial charge in [0.25, 0.3) is 0 Å². The van der Waals surface area contributed by atoms with Crippen molar-refractivity contribution in [3.05, 3.63) is 0 Å². The molecular weight excluding hydrogens is 524 g/mol.